The molecule has 2 heterocycles. The third-order valence-corrected chi connectivity index (χ3v) is 2.90. The van der Waals surface area contributed by atoms with Gasteiger partial charge in [-0.3, -0.25) is 10.1 Å². The molecule has 1 atom stereocenters. The summed E-state index contributed by atoms with van der Waals surface area (Å²) in [5.41, 5.74) is 0.739. The summed E-state index contributed by atoms with van der Waals surface area (Å²) in [6.45, 7) is 3.71. The average molecular weight is 255 g/mol. The Bertz CT molecular complexity index is 398. The molecule has 92 valence electrons. The van der Waals surface area contributed by atoms with Gasteiger partial charge in [0.1, 0.15) is 5.15 Å². The molecule has 0 aliphatic carbocycles. The fraction of sp³-hybridized carbons (Fsp3) is 0.545. The second-order valence-electron chi connectivity index (χ2n) is 4.27. The molecule has 0 saturated carbocycles. The van der Waals surface area contributed by atoms with Gasteiger partial charge < -0.3 is 5.32 Å². The number of aromatic nitrogens is 2. The van der Waals surface area contributed by atoms with Crippen LogP contribution in [0.3, 0.4) is 0 Å². The predicted octanol–water partition coefficient (Wildman–Crippen LogP) is 1.38. The first-order chi connectivity index (χ1) is 8.13. The van der Waals surface area contributed by atoms with Crippen molar-refractivity contribution in [2.75, 3.05) is 18.4 Å². The predicted molar refractivity (Wildman–Crippen MR) is 66.0 cm³/mol. The van der Waals surface area contributed by atoms with Crippen LogP contribution in [0.5, 0.6) is 0 Å². The number of rotatable bonds is 3. The van der Waals surface area contributed by atoms with Gasteiger partial charge in [-0.05, 0) is 38.4 Å². The molecule has 1 fully saturated rings. The van der Waals surface area contributed by atoms with Crippen LogP contribution in [0.4, 0.5) is 5.95 Å². The van der Waals surface area contributed by atoms with Crippen LogP contribution in [0.15, 0.2) is 6.07 Å². The molecule has 6 heteroatoms. The number of hydrogen-bond acceptors (Lipinski definition) is 4. The summed E-state index contributed by atoms with van der Waals surface area (Å²) in [5, 5.41) is 6.25. The van der Waals surface area contributed by atoms with Gasteiger partial charge in [0.25, 0.3) is 0 Å². The SMILES string of the molecule is Cc1cc(Cl)nc(NC(=O)CC2CCNC2)n1. The summed E-state index contributed by atoms with van der Waals surface area (Å²) in [6.07, 6.45) is 1.55. The van der Waals surface area contributed by atoms with Crippen molar-refractivity contribution in [2.45, 2.75) is 19.8 Å². The average Bonchev–Trinajstić information content (AvgIpc) is 2.67. The van der Waals surface area contributed by atoms with Crippen LogP contribution in [0.25, 0.3) is 0 Å². The second-order valence-corrected chi connectivity index (χ2v) is 4.65. The molecule has 1 aromatic heterocycles. The summed E-state index contributed by atoms with van der Waals surface area (Å²) >= 11 is 5.79. The molecule has 1 saturated heterocycles. The molecule has 1 aromatic rings. The quantitative estimate of drug-likeness (QED) is 0.800. The van der Waals surface area contributed by atoms with E-state index in [1.807, 2.05) is 6.92 Å². The third kappa shape index (κ3) is 3.64. The van der Waals surface area contributed by atoms with E-state index in [9.17, 15) is 4.79 Å². The van der Waals surface area contributed by atoms with E-state index in [1.54, 1.807) is 6.07 Å². The van der Waals surface area contributed by atoms with E-state index in [0.29, 0.717) is 17.5 Å². The monoisotopic (exact) mass is 254 g/mol. The third-order valence-electron chi connectivity index (χ3n) is 2.71. The van der Waals surface area contributed by atoms with Crippen LogP contribution in [-0.2, 0) is 4.79 Å². The lowest BCUT2D eigenvalue weighted by atomic mass is 10.1. The smallest absolute Gasteiger partial charge is 0.231 e. The van der Waals surface area contributed by atoms with Crippen molar-refractivity contribution in [2.24, 2.45) is 5.92 Å². The van der Waals surface area contributed by atoms with E-state index < -0.39 is 0 Å². The summed E-state index contributed by atoms with van der Waals surface area (Å²) in [6, 6.07) is 1.65. The van der Waals surface area contributed by atoms with Crippen molar-refractivity contribution in [1.29, 1.82) is 0 Å². The van der Waals surface area contributed by atoms with Crippen LogP contribution < -0.4 is 10.6 Å². The Morgan fingerprint density at radius 1 is 1.65 bits per heavy atom. The lowest BCUT2D eigenvalue weighted by Gasteiger charge is -2.08. The first-order valence-corrected chi connectivity index (χ1v) is 6.03. The maximum Gasteiger partial charge on any atom is 0.231 e. The largest absolute Gasteiger partial charge is 0.316 e. The Morgan fingerprint density at radius 2 is 2.47 bits per heavy atom. The summed E-state index contributed by atoms with van der Waals surface area (Å²) in [4.78, 5) is 19.8. The molecular formula is C11H15ClN4O. The summed E-state index contributed by atoms with van der Waals surface area (Å²) in [7, 11) is 0. The molecule has 2 rings (SSSR count). The summed E-state index contributed by atoms with van der Waals surface area (Å²) < 4.78 is 0. The topological polar surface area (TPSA) is 66.9 Å². The van der Waals surface area contributed by atoms with E-state index in [4.69, 9.17) is 11.6 Å². The van der Waals surface area contributed by atoms with E-state index in [1.165, 1.54) is 0 Å². The lowest BCUT2D eigenvalue weighted by molar-refractivity contribution is -0.117. The zero-order valence-corrected chi connectivity index (χ0v) is 10.4. The van der Waals surface area contributed by atoms with Gasteiger partial charge in [-0.2, -0.15) is 0 Å². The minimum Gasteiger partial charge on any atom is -0.316 e. The summed E-state index contributed by atoms with van der Waals surface area (Å²) in [5.74, 6) is 0.640. The zero-order valence-electron chi connectivity index (χ0n) is 9.66. The highest BCUT2D eigenvalue weighted by Gasteiger charge is 2.18. The number of aryl methyl sites for hydroxylation is 1. The van der Waals surface area contributed by atoms with Gasteiger partial charge in [-0.25, -0.2) is 9.97 Å². The molecule has 1 amide bonds. The highest BCUT2D eigenvalue weighted by atomic mass is 35.5. The normalized spacial score (nSPS) is 19.3. The fourth-order valence-electron chi connectivity index (χ4n) is 1.91. The molecule has 2 N–H and O–H groups in total. The molecule has 0 radical (unpaired) electrons. The minimum atomic E-state index is -0.0552. The van der Waals surface area contributed by atoms with Gasteiger partial charge in [-0.1, -0.05) is 11.6 Å². The number of carbonyl (C=O) groups excluding carboxylic acids is 1. The molecule has 0 aromatic carbocycles. The van der Waals surface area contributed by atoms with Gasteiger partial charge in [0.2, 0.25) is 11.9 Å². The highest BCUT2D eigenvalue weighted by molar-refractivity contribution is 6.29. The van der Waals surface area contributed by atoms with Gasteiger partial charge in [0.05, 0.1) is 0 Å². The number of carbonyl (C=O) groups is 1. The molecule has 5 nitrogen and oxygen atoms in total. The maximum absolute atomic E-state index is 11.7. The first kappa shape index (κ1) is 12.3. The van der Waals surface area contributed by atoms with E-state index in [0.717, 1.165) is 25.2 Å². The van der Waals surface area contributed by atoms with Gasteiger partial charge >= 0.3 is 0 Å². The highest BCUT2D eigenvalue weighted by Crippen LogP contribution is 2.14. The number of nitrogens with zero attached hydrogens (tertiary/aromatic N) is 2. The first-order valence-electron chi connectivity index (χ1n) is 5.65. The van der Waals surface area contributed by atoms with Crippen molar-refractivity contribution >= 4 is 23.5 Å². The number of anilines is 1. The number of nitrogens with one attached hydrogen (secondary N) is 2. The molecule has 1 aliphatic rings. The number of hydrogen-bond donors (Lipinski definition) is 2. The van der Waals surface area contributed by atoms with E-state index >= 15 is 0 Å². The second kappa shape index (κ2) is 5.42. The van der Waals surface area contributed by atoms with Crippen LogP contribution in [0.2, 0.25) is 5.15 Å². The Balaban J connectivity index is 1.92. The van der Waals surface area contributed by atoms with Crippen molar-refractivity contribution < 1.29 is 4.79 Å². The van der Waals surface area contributed by atoms with E-state index in [2.05, 4.69) is 20.6 Å². The lowest BCUT2D eigenvalue weighted by Crippen LogP contribution is -2.19. The van der Waals surface area contributed by atoms with Crippen LogP contribution >= 0.6 is 11.6 Å². The van der Waals surface area contributed by atoms with E-state index in [-0.39, 0.29) is 11.9 Å². The number of amides is 1. The molecular weight excluding hydrogens is 240 g/mol. The van der Waals surface area contributed by atoms with Gasteiger partial charge in [0.15, 0.2) is 0 Å². The van der Waals surface area contributed by atoms with Crippen LogP contribution in [-0.4, -0.2) is 29.0 Å². The van der Waals surface area contributed by atoms with Crippen molar-refractivity contribution in [3.05, 3.63) is 16.9 Å². The standard InChI is InChI=1S/C11H15ClN4O/c1-7-4-9(12)15-11(14-7)16-10(17)5-8-2-3-13-6-8/h4,8,13H,2-3,5-6H2,1H3,(H,14,15,16,17). The Kier molecular flexibility index (Phi) is 3.91. The molecule has 17 heavy (non-hydrogen) atoms. The molecule has 0 bridgehead atoms. The zero-order chi connectivity index (χ0) is 12.3. The molecule has 1 unspecified atom stereocenters. The Hall–Kier alpha value is -1.20. The van der Waals surface area contributed by atoms with Gasteiger partial charge in [-0.15, -0.1) is 0 Å². The number of halogens is 1. The van der Waals surface area contributed by atoms with Crippen molar-refractivity contribution in [3.63, 3.8) is 0 Å². The molecule has 1 aliphatic heterocycles. The van der Waals surface area contributed by atoms with Crippen molar-refractivity contribution in [1.82, 2.24) is 15.3 Å². The fourth-order valence-corrected chi connectivity index (χ4v) is 2.15. The van der Waals surface area contributed by atoms with Crippen LogP contribution in [0.1, 0.15) is 18.5 Å². The van der Waals surface area contributed by atoms with Gasteiger partial charge in [0, 0.05) is 12.1 Å². The van der Waals surface area contributed by atoms with Crippen molar-refractivity contribution in [3.8, 4) is 0 Å². The minimum absolute atomic E-state index is 0.0552. The molecule has 0 spiro atoms. The maximum atomic E-state index is 11.7. The Morgan fingerprint density at radius 3 is 3.12 bits per heavy atom. The van der Waals surface area contributed by atoms with Crippen LogP contribution in [0, 0.1) is 12.8 Å². The Labute approximate surface area is 105 Å².